The number of hydrogen-bond acceptors (Lipinski definition) is 2. The van der Waals surface area contributed by atoms with Crippen molar-refractivity contribution in [3.63, 3.8) is 0 Å². The minimum atomic E-state index is 0.308. The zero-order valence-corrected chi connectivity index (χ0v) is 10.7. The Morgan fingerprint density at radius 1 is 1.38 bits per heavy atom. The maximum atomic E-state index is 5.98. The van der Waals surface area contributed by atoms with Crippen LogP contribution in [0.1, 0.15) is 50.5 Å². The van der Waals surface area contributed by atoms with Crippen molar-refractivity contribution in [3.8, 4) is 0 Å². The van der Waals surface area contributed by atoms with Crippen molar-refractivity contribution in [1.82, 2.24) is 9.78 Å². The molecule has 90 valence electrons. The van der Waals surface area contributed by atoms with E-state index in [1.165, 1.54) is 25.0 Å². The Hall–Kier alpha value is -0.830. The summed E-state index contributed by atoms with van der Waals surface area (Å²) >= 11 is 0. The molecule has 0 amide bonds. The molecule has 2 unspecified atom stereocenters. The number of hydrogen-bond donors (Lipinski definition) is 0. The molecule has 1 aromatic rings. The predicted molar refractivity (Wildman–Crippen MR) is 64.6 cm³/mol. The van der Waals surface area contributed by atoms with Crippen molar-refractivity contribution in [2.45, 2.75) is 65.2 Å². The Balaban J connectivity index is 2.16. The van der Waals surface area contributed by atoms with Gasteiger partial charge in [0.25, 0.3) is 0 Å². The van der Waals surface area contributed by atoms with E-state index < -0.39 is 0 Å². The fourth-order valence-corrected chi connectivity index (χ4v) is 2.68. The molecule has 16 heavy (non-hydrogen) atoms. The number of nitrogens with zero attached hydrogens (tertiary/aromatic N) is 2. The predicted octanol–water partition coefficient (Wildman–Crippen LogP) is 3.02. The van der Waals surface area contributed by atoms with Crippen molar-refractivity contribution in [2.24, 2.45) is 0 Å². The monoisotopic (exact) mass is 222 g/mol. The summed E-state index contributed by atoms with van der Waals surface area (Å²) in [5, 5.41) is 4.59. The summed E-state index contributed by atoms with van der Waals surface area (Å²) in [7, 11) is 0. The average molecular weight is 222 g/mol. The van der Waals surface area contributed by atoms with Crippen LogP contribution in [0.25, 0.3) is 0 Å². The summed E-state index contributed by atoms with van der Waals surface area (Å²) in [6.45, 7) is 8.40. The highest BCUT2D eigenvalue weighted by Gasteiger charge is 2.31. The van der Waals surface area contributed by atoms with E-state index in [2.05, 4.69) is 43.5 Å². The third-order valence-electron chi connectivity index (χ3n) is 3.22. The normalized spacial score (nSPS) is 25.6. The Kier molecular flexibility index (Phi) is 3.33. The van der Waals surface area contributed by atoms with Gasteiger partial charge in [-0.3, -0.25) is 4.68 Å². The van der Waals surface area contributed by atoms with Gasteiger partial charge < -0.3 is 4.74 Å². The van der Waals surface area contributed by atoms with Gasteiger partial charge in [0, 0.05) is 5.69 Å². The highest BCUT2D eigenvalue weighted by Crippen LogP contribution is 2.33. The quantitative estimate of drug-likeness (QED) is 0.786. The zero-order valence-electron chi connectivity index (χ0n) is 10.7. The molecule has 3 heteroatoms. The fraction of sp³-hybridized carbons (Fsp3) is 0.769. The highest BCUT2D eigenvalue weighted by molar-refractivity contribution is 5.08. The molecule has 0 radical (unpaired) electrons. The minimum absolute atomic E-state index is 0.308. The van der Waals surface area contributed by atoms with Crippen LogP contribution in [-0.4, -0.2) is 22.0 Å². The molecule has 1 aliphatic carbocycles. The molecule has 1 heterocycles. The second-order valence-corrected chi connectivity index (χ2v) is 5.09. The van der Waals surface area contributed by atoms with Gasteiger partial charge in [-0.1, -0.05) is 0 Å². The van der Waals surface area contributed by atoms with E-state index in [1.807, 2.05) is 0 Å². The molecule has 1 aromatic heterocycles. The van der Waals surface area contributed by atoms with Gasteiger partial charge >= 0.3 is 0 Å². The van der Waals surface area contributed by atoms with Gasteiger partial charge in [-0.05, 0) is 53.0 Å². The third kappa shape index (κ3) is 2.29. The molecule has 2 atom stereocenters. The van der Waals surface area contributed by atoms with E-state index in [-0.39, 0.29) is 0 Å². The molecule has 0 aliphatic heterocycles. The molecule has 0 N–H and O–H groups in total. The molecule has 1 saturated carbocycles. The van der Waals surface area contributed by atoms with E-state index in [0.29, 0.717) is 18.2 Å². The number of aryl methyl sites for hydroxylation is 2. The van der Waals surface area contributed by atoms with E-state index >= 15 is 0 Å². The minimum Gasteiger partial charge on any atom is -0.373 e. The standard InChI is InChI=1S/C13H22N2O/c1-9(2)16-13-7-5-6-12(13)15-11(4)8-10(3)14-15/h8-9,12-13H,5-7H2,1-4H3. The van der Waals surface area contributed by atoms with E-state index in [9.17, 15) is 0 Å². The van der Waals surface area contributed by atoms with Crippen molar-refractivity contribution >= 4 is 0 Å². The first-order chi connectivity index (χ1) is 7.58. The van der Waals surface area contributed by atoms with Gasteiger partial charge in [0.2, 0.25) is 0 Å². The third-order valence-corrected chi connectivity index (χ3v) is 3.22. The smallest absolute Gasteiger partial charge is 0.0802 e. The van der Waals surface area contributed by atoms with Crippen molar-refractivity contribution in [2.75, 3.05) is 0 Å². The molecule has 1 fully saturated rings. The fourth-order valence-electron chi connectivity index (χ4n) is 2.68. The Bertz CT molecular complexity index is 357. The average Bonchev–Trinajstić information content (AvgIpc) is 2.72. The zero-order chi connectivity index (χ0) is 11.7. The molecule has 0 saturated heterocycles. The molecule has 2 rings (SSSR count). The van der Waals surface area contributed by atoms with Crippen LogP contribution < -0.4 is 0 Å². The molecule has 1 aliphatic rings. The lowest BCUT2D eigenvalue weighted by atomic mass is 10.2. The molecular formula is C13H22N2O. The molecule has 0 bridgehead atoms. The second-order valence-electron chi connectivity index (χ2n) is 5.09. The molecule has 3 nitrogen and oxygen atoms in total. The van der Waals surface area contributed by atoms with Gasteiger partial charge in [-0.15, -0.1) is 0 Å². The first-order valence-electron chi connectivity index (χ1n) is 6.26. The Labute approximate surface area is 97.8 Å². The number of aromatic nitrogens is 2. The van der Waals surface area contributed by atoms with Crippen LogP contribution in [-0.2, 0) is 4.74 Å². The van der Waals surface area contributed by atoms with Crippen LogP contribution in [0.2, 0.25) is 0 Å². The second kappa shape index (κ2) is 4.58. The van der Waals surface area contributed by atoms with Crippen LogP contribution >= 0.6 is 0 Å². The molecule has 0 aromatic carbocycles. The van der Waals surface area contributed by atoms with Crippen molar-refractivity contribution in [1.29, 1.82) is 0 Å². The van der Waals surface area contributed by atoms with Gasteiger partial charge in [0.1, 0.15) is 0 Å². The number of ether oxygens (including phenoxy) is 1. The van der Waals surface area contributed by atoms with E-state index in [0.717, 1.165) is 5.69 Å². The van der Waals surface area contributed by atoms with Crippen LogP contribution in [0, 0.1) is 13.8 Å². The summed E-state index contributed by atoms with van der Waals surface area (Å²) in [5.74, 6) is 0. The SMILES string of the molecule is Cc1cc(C)n(C2CCCC2OC(C)C)n1. The van der Waals surface area contributed by atoms with Crippen LogP contribution in [0.5, 0.6) is 0 Å². The summed E-state index contributed by atoms with van der Waals surface area (Å²) < 4.78 is 8.14. The van der Waals surface area contributed by atoms with Gasteiger partial charge in [0.15, 0.2) is 0 Å². The van der Waals surface area contributed by atoms with E-state index in [1.54, 1.807) is 0 Å². The number of rotatable bonds is 3. The van der Waals surface area contributed by atoms with Gasteiger partial charge in [-0.2, -0.15) is 5.10 Å². The van der Waals surface area contributed by atoms with Crippen molar-refractivity contribution < 1.29 is 4.74 Å². The van der Waals surface area contributed by atoms with Crippen LogP contribution in [0.4, 0.5) is 0 Å². The lowest BCUT2D eigenvalue weighted by molar-refractivity contribution is -0.0125. The summed E-state index contributed by atoms with van der Waals surface area (Å²) in [6, 6.07) is 2.58. The summed E-state index contributed by atoms with van der Waals surface area (Å²) in [5.41, 5.74) is 2.36. The first kappa shape index (κ1) is 11.6. The molecule has 0 spiro atoms. The first-order valence-corrected chi connectivity index (χ1v) is 6.26. The van der Waals surface area contributed by atoms with Crippen LogP contribution in [0.15, 0.2) is 6.07 Å². The lowest BCUT2D eigenvalue weighted by Gasteiger charge is -2.23. The van der Waals surface area contributed by atoms with Crippen molar-refractivity contribution in [3.05, 3.63) is 17.5 Å². The topological polar surface area (TPSA) is 27.1 Å². The Morgan fingerprint density at radius 2 is 2.12 bits per heavy atom. The Morgan fingerprint density at radius 3 is 2.69 bits per heavy atom. The maximum absolute atomic E-state index is 5.98. The largest absolute Gasteiger partial charge is 0.373 e. The van der Waals surface area contributed by atoms with E-state index in [4.69, 9.17) is 4.74 Å². The highest BCUT2D eigenvalue weighted by atomic mass is 16.5. The summed E-state index contributed by atoms with van der Waals surface area (Å²) in [6.07, 6.45) is 4.27. The van der Waals surface area contributed by atoms with Crippen LogP contribution in [0.3, 0.4) is 0 Å². The van der Waals surface area contributed by atoms with Gasteiger partial charge in [-0.25, -0.2) is 0 Å². The lowest BCUT2D eigenvalue weighted by Crippen LogP contribution is -2.26. The maximum Gasteiger partial charge on any atom is 0.0802 e. The van der Waals surface area contributed by atoms with Gasteiger partial charge in [0.05, 0.1) is 23.9 Å². The molecular weight excluding hydrogens is 200 g/mol. The summed E-state index contributed by atoms with van der Waals surface area (Å²) in [4.78, 5) is 0.